The van der Waals surface area contributed by atoms with Gasteiger partial charge in [-0.15, -0.1) is 11.3 Å². The highest BCUT2D eigenvalue weighted by molar-refractivity contribution is 7.21. The Morgan fingerprint density at radius 1 is 1.39 bits per heavy atom. The van der Waals surface area contributed by atoms with Crippen molar-refractivity contribution in [3.05, 3.63) is 34.5 Å². The molecular weight excluding hydrogens is 319 g/mol. The third kappa shape index (κ3) is 3.14. The van der Waals surface area contributed by atoms with Crippen molar-refractivity contribution in [2.75, 3.05) is 7.11 Å². The Labute approximate surface area is 137 Å². The quantitative estimate of drug-likeness (QED) is 0.796. The third-order valence-electron chi connectivity index (χ3n) is 3.99. The summed E-state index contributed by atoms with van der Waals surface area (Å²) in [6.07, 6.45) is 2.04. The zero-order valence-corrected chi connectivity index (χ0v) is 13.6. The minimum absolute atomic E-state index is 0.0369. The highest BCUT2D eigenvalue weighted by Crippen LogP contribution is 2.34. The van der Waals surface area contributed by atoms with Gasteiger partial charge in [-0.2, -0.15) is 0 Å². The van der Waals surface area contributed by atoms with E-state index in [0.717, 1.165) is 12.8 Å². The maximum absolute atomic E-state index is 14.1. The predicted octanol–water partition coefficient (Wildman–Crippen LogP) is 3.86. The molecule has 3 rings (SSSR count). The topological polar surface area (TPSA) is 52.6 Å². The summed E-state index contributed by atoms with van der Waals surface area (Å²) in [5.41, 5.74) is 0.485. The molecule has 1 saturated carbocycles. The van der Waals surface area contributed by atoms with E-state index in [4.69, 9.17) is 9.47 Å². The molecular formula is C17H17FO4S. The average Bonchev–Trinajstić information content (AvgIpc) is 2.90. The Bertz CT molecular complexity index is 752. The van der Waals surface area contributed by atoms with E-state index in [2.05, 4.69) is 0 Å². The number of Topliss-reactive ketones (excluding diaryl/α,β-unsaturated/α-hetero) is 1. The number of halogens is 1. The van der Waals surface area contributed by atoms with Gasteiger partial charge in [-0.3, -0.25) is 4.79 Å². The molecule has 0 N–H and O–H groups in total. The highest BCUT2D eigenvalue weighted by Gasteiger charge is 2.29. The monoisotopic (exact) mass is 336 g/mol. The van der Waals surface area contributed by atoms with Gasteiger partial charge in [-0.25, -0.2) is 9.18 Å². The van der Waals surface area contributed by atoms with Crippen molar-refractivity contribution >= 4 is 33.2 Å². The molecule has 0 bridgehead atoms. The van der Waals surface area contributed by atoms with Crippen LogP contribution in [0.15, 0.2) is 18.2 Å². The third-order valence-corrected chi connectivity index (χ3v) is 5.16. The number of benzene rings is 1. The van der Waals surface area contributed by atoms with Gasteiger partial charge < -0.3 is 9.47 Å². The molecule has 1 aromatic heterocycles. The summed E-state index contributed by atoms with van der Waals surface area (Å²) in [5, 5.41) is 0.390. The Morgan fingerprint density at radius 2 is 2.22 bits per heavy atom. The number of hydrogen-bond acceptors (Lipinski definition) is 5. The van der Waals surface area contributed by atoms with E-state index < -0.39 is 17.9 Å². The van der Waals surface area contributed by atoms with Crippen molar-refractivity contribution in [2.45, 2.75) is 38.4 Å². The Morgan fingerprint density at radius 3 is 2.96 bits per heavy atom. The van der Waals surface area contributed by atoms with E-state index >= 15 is 0 Å². The molecule has 0 radical (unpaired) electrons. The van der Waals surface area contributed by atoms with Crippen molar-refractivity contribution in [3.63, 3.8) is 0 Å². The summed E-state index contributed by atoms with van der Waals surface area (Å²) in [5.74, 6) is -0.998. The molecule has 1 aromatic carbocycles. The summed E-state index contributed by atoms with van der Waals surface area (Å²) < 4.78 is 25.3. The SMILES string of the molecule is COCc1c(C(=O)O[C@@H]2CCCCC2=O)sc2cccc(F)c12. The molecule has 0 spiro atoms. The number of ether oxygens (including phenoxy) is 2. The lowest BCUT2D eigenvalue weighted by atomic mass is 9.96. The van der Waals surface area contributed by atoms with Crippen LogP contribution in [0.1, 0.15) is 40.9 Å². The predicted molar refractivity (Wildman–Crippen MR) is 85.2 cm³/mol. The largest absolute Gasteiger partial charge is 0.450 e. The Hall–Kier alpha value is -1.79. The van der Waals surface area contributed by atoms with Crippen LogP contribution < -0.4 is 0 Å². The fraction of sp³-hybridized carbons (Fsp3) is 0.412. The van der Waals surface area contributed by atoms with Gasteiger partial charge in [0.15, 0.2) is 11.9 Å². The Balaban J connectivity index is 1.94. The zero-order chi connectivity index (χ0) is 16.4. The standard InChI is InChI=1S/C17H17FO4S/c1-21-9-10-15-11(18)5-4-8-14(15)23-16(10)17(20)22-13-7-3-2-6-12(13)19/h4-5,8,13H,2-3,6-7,9H2,1H3/t13-/m1/s1. The first-order valence-corrected chi connectivity index (χ1v) is 8.36. The number of ketones is 1. The summed E-state index contributed by atoms with van der Waals surface area (Å²) in [6, 6.07) is 4.71. The van der Waals surface area contributed by atoms with Crippen LogP contribution in [0.4, 0.5) is 4.39 Å². The van der Waals surface area contributed by atoms with Crippen molar-refractivity contribution in [2.24, 2.45) is 0 Å². The number of esters is 1. The first kappa shape index (κ1) is 16.1. The number of carbonyl (C=O) groups excluding carboxylic acids is 2. The average molecular weight is 336 g/mol. The van der Waals surface area contributed by atoms with E-state index in [1.54, 1.807) is 12.1 Å². The maximum atomic E-state index is 14.1. The van der Waals surface area contributed by atoms with Gasteiger partial charge in [0, 0.05) is 29.2 Å². The number of thiophene rings is 1. The second-order valence-electron chi connectivity index (χ2n) is 5.56. The van der Waals surface area contributed by atoms with Crippen LogP contribution in [0.25, 0.3) is 10.1 Å². The minimum atomic E-state index is -0.679. The molecule has 23 heavy (non-hydrogen) atoms. The van der Waals surface area contributed by atoms with Gasteiger partial charge in [0.25, 0.3) is 0 Å². The van der Waals surface area contributed by atoms with Gasteiger partial charge >= 0.3 is 5.97 Å². The van der Waals surface area contributed by atoms with E-state index in [-0.39, 0.29) is 12.4 Å². The summed E-state index contributed by atoms with van der Waals surface area (Å²) >= 11 is 1.17. The van der Waals surface area contributed by atoms with Crippen LogP contribution in [0.2, 0.25) is 0 Å². The molecule has 1 aliphatic rings. The molecule has 2 aromatic rings. The molecule has 0 unspecified atom stereocenters. The molecule has 1 aliphatic carbocycles. The van der Waals surface area contributed by atoms with E-state index in [0.29, 0.717) is 33.4 Å². The van der Waals surface area contributed by atoms with Crippen LogP contribution in [0.3, 0.4) is 0 Å². The lowest BCUT2D eigenvalue weighted by Crippen LogP contribution is -2.30. The van der Waals surface area contributed by atoms with Crippen LogP contribution in [0, 0.1) is 5.82 Å². The molecule has 1 heterocycles. The molecule has 4 nitrogen and oxygen atoms in total. The van der Waals surface area contributed by atoms with E-state index in [9.17, 15) is 14.0 Å². The normalized spacial score (nSPS) is 18.3. The number of rotatable bonds is 4. The molecule has 6 heteroatoms. The highest BCUT2D eigenvalue weighted by atomic mass is 32.1. The minimum Gasteiger partial charge on any atom is -0.450 e. The molecule has 0 saturated heterocycles. The number of fused-ring (bicyclic) bond motifs is 1. The van der Waals surface area contributed by atoms with Gasteiger partial charge in [-0.1, -0.05) is 6.07 Å². The smallest absolute Gasteiger partial charge is 0.349 e. The number of carbonyl (C=O) groups is 2. The summed E-state index contributed by atoms with van der Waals surface area (Å²) in [6.45, 7) is 0.115. The molecule has 1 atom stereocenters. The molecule has 1 fully saturated rings. The number of hydrogen-bond donors (Lipinski definition) is 0. The molecule has 122 valence electrons. The van der Waals surface area contributed by atoms with E-state index in [1.165, 1.54) is 24.5 Å². The first-order valence-electron chi connectivity index (χ1n) is 7.54. The van der Waals surface area contributed by atoms with Crippen LogP contribution in [-0.2, 0) is 20.9 Å². The zero-order valence-electron chi connectivity index (χ0n) is 12.8. The Kier molecular flexibility index (Phi) is 4.73. The lowest BCUT2D eigenvalue weighted by Gasteiger charge is -2.20. The maximum Gasteiger partial charge on any atom is 0.349 e. The van der Waals surface area contributed by atoms with Crippen molar-refractivity contribution in [3.8, 4) is 0 Å². The fourth-order valence-electron chi connectivity index (χ4n) is 2.87. The van der Waals surface area contributed by atoms with Crippen LogP contribution >= 0.6 is 11.3 Å². The van der Waals surface area contributed by atoms with Gasteiger partial charge in [0.1, 0.15) is 10.7 Å². The fourth-order valence-corrected chi connectivity index (χ4v) is 3.98. The van der Waals surface area contributed by atoms with Crippen molar-refractivity contribution < 1.29 is 23.5 Å². The second kappa shape index (κ2) is 6.76. The molecule has 0 aliphatic heterocycles. The van der Waals surface area contributed by atoms with Crippen LogP contribution in [0.5, 0.6) is 0 Å². The lowest BCUT2D eigenvalue weighted by molar-refractivity contribution is -0.129. The number of methoxy groups -OCH3 is 1. The van der Waals surface area contributed by atoms with Crippen molar-refractivity contribution in [1.29, 1.82) is 0 Å². The second-order valence-corrected chi connectivity index (χ2v) is 6.61. The van der Waals surface area contributed by atoms with Gasteiger partial charge in [0.2, 0.25) is 0 Å². The summed E-state index contributed by atoms with van der Waals surface area (Å²) in [4.78, 5) is 24.6. The first-order chi connectivity index (χ1) is 11.1. The molecule has 0 amide bonds. The van der Waals surface area contributed by atoms with Crippen LogP contribution in [-0.4, -0.2) is 25.0 Å². The summed E-state index contributed by atoms with van der Waals surface area (Å²) in [7, 11) is 1.49. The van der Waals surface area contributed by atoms with Gasteiger partial charge in [-0.05, 0) is 31.4 Å². The van der Waals surface area contributed by atoms with Gasteiger partial charge in [0.05, 0.1) is 6.61 Å². The van der Waals surface area contributed by atoms with E-state index in [1.807, 2.05) is 0 Å². The van der Waals surface area contributed by atoms with Crippen molar-refractivity contribution in [1.82, 2.24) is 0 Å².